The summed E-state index contributed by atoms with van der Waals surface area (Å²) in [6, 6.07) is 7.21. The molecular formula is C13H16BrN. The summed E-state index contributed by atoms with van der Waals surface area (Å²) in [6.07, 6.45) is 6.89. The molecule has 0 radical (unpaired) electrons. The third-order valence-corrected chi connectivity index (χ3v) is 4.47. The summed E-state index contributed by atoms with van der Waals surface area (Å²) in [5, 5.41) is 3.69. The van der Waals surface area contributed by atoms with E-state index in [0.29, 0.717) is 6.04 Å². The highest BCUT2D eigenvalue weighted by Crippen LogP contribution is 2.45. The van der Waals surface area contributed by atoms with Crippen molar-refractivity contribution in [3.05, 3.63) is 28.2 Å². The van der Waals surface area contributed by atoms with Crippen molar-refractivity contribution in [3.63, 3.8) is 0 Å². The lowest BCUT2D eigenvalue weighted by Crippen LogP contribution is -2.18. The Kier molecular flexibility index (Phi) is 2.47. The van der Waals surface area contributed by atoms with E-state index in [1.807, 2.05) is 0 Å². The van der Waals surface area contributed by atoms with Crippen LogP contribution >= 0.6 is 15.9 Å². The predicted octanol–water partition coefficient (Wildman–Crippen LogP) is 4.29. The number of halogens is 1. The van der Waals surface area contributed by atoms with Gasteiger partial charge in [-0.1, -0.05) is 41.3 Å². The van der Waals surface area contributed by atoms with Crippen LogP contribution in [0, 0.1) is 0 Å². The third-order valence-electron chi connectivity index (χ3n) is 3.78. The summed E-state index contributed by atoms with van der Waals surface area (Å²) in [4.78, 5) is 0. The minimum atomic E-state index is 0.696. The molecule has 80 valence electrons. The molecule has 1 nitrogen and oxygen atoms in total. The van der Waals surface area contributed by atoms with Gasteiger partial charge in [-0.25, -0.2) is 0 Å². The van der Waals surface area contributed by atoms with Gasteiger partial charge in [0.2, 0.25) is 0 Å². The van der Waals surface area contributed by atoms with Gasteiger partial charge in [0, 0.05) is 22.1 Å². The summed E-state index contributed by atoms with van der Waals surface area (Å²) in [7, 11) is 0. The number of fused-ring (bicyclic) bond motifs is 3. The zero-order chi connectivity index (χ0) is 10.3. The molecule has 1 aromatic carbocycles. The highest BCUT2D eigenvalue weighted by molar-refractivity contribution is 9.10. The molecule has 3 rings (SSSR count). The van der Waals surface area contributed by atoms with Crippen LogP contribution in [0.5, 0.6) is 0 Å². The fourth-order valence-corrected chi connectivity index (χ4v) is 3.73. The zero-order valence-electron chi connectivity index (χ0n) is 8.80. The van der Waals surface area contributed by atoms with E-state index < -0.39 is 0 Å². The summed E-state index contributed by atoms with van der Waals surface area (Å²) < 4.78 is 1.29. The maximum Gasteiger partial charge on any atom is 0.0390 e. The quantitative estimate of drug-likeness (QED) is 0.738. The maximum absolute atomic E-state index is 3.69. The van der Waals surface area contributed by atoms with Gasteiger partial charge in [0.05, 0.1) is 0 Å². The predicted molar refractivity (Wildman–Crippen MR) is 67.4 cm³/mol. The maximum atomic E-state index is 3.69. The van der Waals surface area contributed by atoms with E-state index in [0.717, 1.165) is 5.92 Å². The second-order valence-electron chi connectivity index (χ2n) is 4.70. The molecule has 0 saturated heterocycles. The summed E-state index contributed by atoms with van der Waals surface area (Å²) >= 11 is 3.69. The Balaban J connectivity index is 2.02. The number of nitrogens with one attached hydrogen (secondary N) is 1. The minimum absolute atomic E-state index is 0.696. The molecule has 1 saturated carbocycles. The summed E-state index contributed by atoms with van der Waals surface area (Å²) in [5.74, 6) is 0.748. The first kappa shape index (κ1) is 9.71. The van der Waals surface area contributed by atoms with Crippen LogP contribution in [-0.2, 0) is 0 Å². The van der Waals surface area contributed by atoms with Gasteiger partial charge in [0.1, 0.15) is 0 Å². The lowest BCUT2D eigenvalue weighted by Gasteiger charge is -2.17. The van der Waals surface area contributed by atoms with E-state index in [1.54, 1.807) is 0 Å². The molecule has 0 spiro atoms. The molecule has 1 N–H and O–H groups in total. The Labute approximate surface area is 99.4 Å². The molecule has 0 bridgehead atoms. The number of hydrogen-bond acceptors (Lipinski definition) is 1. The van der Waals surface area contributed by atoms with Crippen LogP contribution in [0.4, 0.5) is 5.69 Å². The zero-order valence-corrected chi connectivity index (χ0v) is 10.4. The van der Waals surface area contributed by atoms with Crippen LogP contribution in [0.15, 0.2) is 22.7 Å². The van der Waals surface area contributed by atoms with E-state index in [1.165, 1.54) is 47.8 Å². The van der Waals surface area contributed by atoms with Crippen molar-refractivity contribution in [2.24, 2.45) is 0 Å². The second kappa shape index (κ2) is 3.82. The van der Waals surface area contributed by atoms with Crippen LogP contribution in [0.1, 0.15) is 43.6 Å². The first-order chi connectivity index (χ1) is 7.36. The molecular weight excluding hydrogens is 250 g/mol. The molecule has 2 heteroatoms. The van der Waals surface area contributed by atoms with E-state index in [4.69, 9.17) is 0 Å². The van der Waals surface area contributed by atoms with E-state index in [2.05, 4.69) is 39.4 Å². The Morgan fingerprint density at radius 3 is 2.93 bits per heavy atom. The fraction of sp³-hybridized carbons (Fsp3) is 0.538. The van der Waals surface area contributed by atoms with Crippen molar-refractivity contribution >= 4 is 21.6 Å². The molecule has 2 atom stereocenters. The van der Waals surface area contributed by atoms with Crippen molar-refractivity contribution in [1.29, 1.82) is 0 Å². The number of benzene rings is 1. The topological polar surface area (TPSA) is 12.0 Å². The molecule has 15 heavy (non-hydrogen) atoms. The van der Waals surface area contributed by atoms with Gasteiger partial charge in [0.25, 0.3) is 0 Å². The molecule has 0 aromatic heterocycles. The monoisotopic (exact) mass is 265 g/mol. The molecule has 1 aromatic rings. The minimum Gasteiger partial charge on any atom is -0.381 e. The van der Waals surface area contributed by atoms with Crippen molar-refractivity contribution < 1.29 is 0 Å². The smallest absolute Gasteiger partial charge is 0.0390 e. The lowest BCUT2D eigenvalue weighted by molar-refractivity contribution is 0.561. The molecule has 0 amide bonds. The van der Waals surface area contributed by atoms with Crippen LogP contribution in [0.2, 0.25) is 0 Å². The molecule has 1 aliphatic carbocycles. The van der Waals surface area contributed by atoms with Crippen molar-refractivity contribution in [1.82, 2.24) is 0 Å². The number of rotatable bonds is 0. The molecule has 2 unspecified atom stereocenters. The van der Waals surface area contributed by atoms with Gasteiger partial charge < -0.3 is 5.32 Å². The molecule has 1 heterocycles. The summed E-state index contributed by atoms with van der Waals surface area (Å²) in [5.41, 5.74) is 2.89. The van der Waals surface area contributed by atoms with Crippen LogP contribution in [0.3, 0.4) is 0 Å². The van der Waals surface area contributed by atoms with Gasteiger partial charge in [-0.2, -0.15) is 0 Å². The van der Waals surface area contributed by atoms with Gasteiger partial charge in [-0.05, 0) is 30.5 Å². The fourth-order valence-electron chi connectivity index (χ4n) is 3.07. The SMILES string of the molecule is Brc1cccc2c1C1CCCCCC1N2. The Hall–Kier alpha value is -0.500. The van der Waals surface area contributed by atoms with Gasteiger partial charge in [-0.3, -0.25) is 0 Å². The number of hydrogen-bond donors (Lipinski definition) is 1. The van der Waals surface area contributed by atoms with Crippen molar-refractivity contribution in [2.45, 2.75) is 44.1 Å². The average molecular weight is 266 g/mol. The third kappa shape index (κ3) is 1.59. The summed E-state index contributed by atoms with van der Waals surface area (Å²) in [6.45, 7) is 0. The Morgan fingerprint density at radius 1 is 1.13 bits per heavy atom. The first-order valence-electron chi connectivity index (χ1n) is 5.91. The molecule has 2 aliphatic rings. The van der Waals surface area contributed by atoms with Crippen molar-refractivity contribution in [2.75, 3.05) is 5.32 Å². The van der Waals surface area contributed by atoms with E-state index >= 15 is 0 Å². The Bertz CT molecular complexity index is 375. The number of anilines is 1. The van der Waals surface area contributed by atoms with E-state index in [9.17, 15) is 0 Å². The van der Waals surface area contributed by atoms with Gasteiger partial charge in [0.15, 0.2) is 0 Å². The van der Waals surface area contributed by atoms with Crippen molar-refractivity contribution in [3.8, 4) is 0 Å². The van der Waals surface area contributed by atoms with Gasteiger partial charge >= 0.3 is 0 Å². The molecule has 1 aliphatic heterocycles. The van der Waals surface area contributed by atoms with E-state index in [-0.39, 0.29) is 0 Å². The lowest BCUT2D eigenvalue weighted by atomic mass is 9.91. The largest absolute Gasteiger partial charge is 0.381 e. The van der Waals surface area contributed by atoms with Gasteiger partial charge in [-0.15, -0.1) is 0 Å². The molecule has 1 fully saturated rings. The average Bonchev–Trinajstić information content (AvgIpc) is 2.43. The standard InChI is InChI=1S/C13H16BrN/c14-10-6-4-8-12-13(10)9-5-2-1-3-7-11(9)15-12/h4,6,8-9,11,15H,1-3,5,7H2. The van der Waals surface area contributed by atoms with Crippen LogP contribution in [0.25, 0.3) is 0 Å². The Morgan fingerprint density at radius 2 is 2.00 bits per heavy atom. The normalized spacial score (nSPS) is 28.9. The van der Waals surface area contributed by atoms with Crippen LogP contribution in [-0.4, -0.2) is 6.04 Å². The highest BCUT2D eigenvalue weighted by atomic mass is 79.9. The second-order valence-corrected chi connectivity index (χ2v) is 5.55. The highest BCUT2D eigenvalue weighted by Gasteiger charge is 2.33. The van der Waals surface area contributed by atoms with Crippen LogP contribution < -0.4 is 5.32 Å². The first-order valence-corrected chi connectivity index (χ1v) is 6.70.